The van der Waals surface area contributed by atoms with Crippen molar-refractivity contribution >= 4 is 16.8 Å². The topological polar surface area (TPSA) is 75.1 Å². The smallest absolute Gasteiger partial charge is 0.286 e. The Kier molecular flexibility index (Phi) is 3.74. The Morgan fingerprint density at radius 2 is 2.14 bits per heavy atom. The number of hydrogen-bond donors (Lipinski definition) is 2. The normalized spacial score (nSPS) is 10.8. The molecule has 0 radical (unpaired) electrons. The molecule has 22 heavy (non-hydrogen) atoms. The Morgan fingerprint density at radius 3 is 2.91 bits per heavy atom. The van der Waals surface area contributed by atoms with E-state index in [0.717, 1.165) is 5.39 Å². The lowest BCUT2D eigenvalue weighted by Gasteiger charge is -2.05. The molecule has 6 heteroatoms. The van der Waals surface area contributed by atoms with E-state index >= 15 is 0 Å². The number of aromatic amines is 1. The van der Waals surface area contributed by atoms with Gasteiger partial charge in [-0.15, -0.1) is 0 Å². The van der Waals surface area contributed by atoms with Crippen LogP contribution in [0.3, 0.4) is 0 Å². The van der Waals surface area contributed by atoms with Crippen molar-refractivity contribution < 1.29 is 13.6 Å². The summed E-state index contributed by atoms with van der Waals surface area (Å²) >= 11 is 0. The summed E-state index contributed by atoms with van der Waals surface area (Å²) in [4.78, 5) is 26.3. The number of nitrogens with one attached hydrogen (secondary N) is 2. The molecule has 3 rings (SSSR count). The van der Waals surface area contributed by atoms with E-state index in [2.05, 4.69) is 10.3 Å². The van der Waals surface area contributed by atoms with Crippen molar-refractivity contribution in [2.24, 2.45) is 0 Å². The van der Waals surface area contributed by atoms with E-state index in [1.54, 1.807) is 24.3 Å². The van der Waals surface area contributed by atoms with E-state index in [1.807, 2.05) is 0 Å². The quantitative estimate of drug-likeness (QED) is 0.776. The summed E-state index contributed by atoms with van der Waals surface area (Å²) in [5.74, 6) is -0.506. The maximum Gasteiger partial charge on any atom is 0.286 e. The highest BCUT2D eigenvalue weighted by molar-refractivity contribution is 5.91. The number of carbonyl (C=O) groups excluding carboxylic acids is 1. The minimum atomic E-state index is -0.401. The summed E-state index contributed by atoms with van der Waals surface area (Å²) in [5.41, 5.74) is 0.692. The molecule has 3 aromatic rings. The van der Waals surface area contributed by atoms with Crippen molar-refractivity contribution in [1.29, 1.82) is 0 Å². The van der Waals surface area contributed by atoms with Crippen LogP contribution < -0.4 is 10.9 Å². The zero-order valence-corrected chi connectivity index (χ0v) is 11.6. The van der Waals surface area contributed by atoms with Gasteiger partial charge in [-0.2, -0.15) is 0 Å². The third-order valence-corrected chi connectivity index (χ3v) is 3.31. The third-order valence-electron chi connectivity index (χ3n) is 3.31. The van der Waals surface area contributed by atoms with E-state index in [-0.39, 0.29) is 17.2 Å². The lowest BCUT2D eigenvalue weighted by atomic mass is 10.1. The monoisotopic (exact) mass is 300 g/mol. The van der Waals surface area contributed by atoms with Gasteiger partial charge in [0, 0.05) is 12.1 Å². The highest BCUT2D eigenvalue weighted by Crippen LogP contribution is 2.12. The summed E-state index contributed by atoms with van der Waals surface area (Å²) < 4.78 is 18.1. The average Bonchev–Trinajstić information content (AvgIpc) is 3.02. The molecule has 0 aliphatic rings. The van der Waals surface area contributed by atoms with Crippen molar-refractivity contribution in [3.05, 3.63) is 70.2 Å². The molecule has 112 valence electrons. The van der Waals surface area contributed by atoms with Crippen LogP contribution in [-0.4, -0.2) is 17.4 Å². The molecule has 0 atom stereocenters. The summed E-state index contributed by atoms with van der Waals surface area (Å²) in [6.45, 7) is 0.301. The molecule has 0 aliphatic carbocycles. The third kappa shape index (κ3) is 2.90. The van der Waals surface area contributed by atoms with Crippen LogP contribution in [0.5, 0.6) is 0 Å². The van der Waals surface area contributed by atoms with Crippen LogP contribution in [0.15, 0.2) is 51.9 Å². The second kappa shape index (κ2) is 5.85. The first kappa shape index (κ1) is 14.1. The zero-order valence-electron chi connectivity index (χ0n) is 11.6. The van der Waals surface area contributed by atoms with Crippen LogP contribution in [0, 0.1) is 5.82 Å². The molecular formula is C16H13FN2O3. The Balaban J connectivity index is 1.71. The lowest BCUT2D eigenvalue weighted by molar-refractivity contribution is 0.0926. The van der Waals surface area contributed by atoms with Gasteiger partial charge in [-0.05, 0) is 48.2 Å². The second-order valence-electron chi connectivity index (χ2n) is 4.84. The van der Waals surface area contributed by atoms with Crippen LogP contribution in [0.4, 0.5) is 4.39 Å². The number of H-pyrrole nitrogens is 1. The molecule has 2 N–H and O–H groups in total. The van der Waals surface area contributed by atoms with Crippen LogP contribution >= 0.6 is 0 Å². The first-order valence-corrected chi connectivity index (χ1v) is 6.76. The molecular weight excluding hydrogens is 287 g/mol. The first-order chi connectivity index (χ1) is 10.6. The molecule has 0 unspecified atom stereocenters. The number of fused-ring (bicyclic) bond motifs is 1. The summed E-state index contributed by atoms with van der Waals surface area (Å²) in [6, 6.07) is 9.11. The first-order valence-electron chi connectivity index (χ1n) is 6.76. The minimum absolute atomic E-state index is 0.225. The van der Waals surface area contributed by atoms with Crippen LogP contribution in [0.1, 0.15) is 16.1 Å². The molecule has 0 saturated carbocycles. The van der Waals surface area contributed by atoms with Crippen LogP contribution in [0.25, 0.3) is 10.9 Å². The molecule has 0 fully saturated rings. The fourth-order valence-electron chi connectivity index (χ4n) is 2.21. The minimum Gasteiger partial charge on any atom is -0.459 e. The van der Waals surface area contributed by atoms with Gasteiger partial charge in [-0.25, -0.2) is 4.39 Å². The number of carbonyl (C=O) groups is 1. The number of pyridine rings is 1. The van der Waals surface area contributed by atoms with Gasteiger partial charge in [0.1, 0.15) is 5.82 Å². The van der Waals surface area contributed by atoms with E-state index in [1.165, 1.54) is 18.4 Å². The molecule has 0 bridgehead atoms. The lowest BCUT2D eigenvalue weighted by Crippen LogP contribution is -2.27. The number of amides is 1. The Bertz CT molecular complexity index is 869. The van der Waals surface area contributed by atoms with Gasteiger partial charge in [0.2, 0.25) is 0 Å². The van der Waals surface area contributed by atoms with E-state index in [0.29, 0.717) is 24.0 Å². The van der Waals surface area contributed by atoms with Gasteiger partial charge in [0.15, 0.2) is 5.76 Å². The number of hydrogen-bond acceptors (Lipinski definition) is 3. The van der Waals surface area contributed by atoms with Crippen molar-refractivity contribution in [2.45, 2.75) is 6.42 Å². The Morgan fingerprint density at radius 1 is 1.27 bits per heavy atom. The van der Waals surface area contributed by atoms with Gasteiger partial charge in [0.05, 0.1) is 11.8 Å². The fraction of sp³-hybridized carbons (Fsp3) is 0.125. The van der Waals surface area contributed by atoms with Gasteiger partial charge in [0.25, 0.3) is 11.5 Å². The highest BCUT2D eigenvalue weighted by Gasteiger charge is 2.08. The summed E-state index contributed by atoms with van der Waals surface area (Å²) in [6.07, 6.45) is 1.79. The average molecular weight is 300 g/mol. The van der Waals surface area contributed by atoms with Crippen molar-refractivity contribution in [3.63, 3.8) is 0 Å². The standard InChI is InChI=1S/C16H13FN2O3/c17-12-4-3-10-8-11(15(20)19-13(10)9-12)5-6-18-16(21)14-2-1-7-22-14/h1-4,7-9H,5-6H2,(H,18,21)(H,19,20). The van der Waals surface area contributed by atoms with Crippen LogP contribution in [-0.2, 0) is 6.42 Å². The molecule has 1 amide bonds. The van der Waals surface area contributed by atoms with Gasteiger partial charge in [-0.3, -0.25) is 9.59 Å². The molecule has 0 aliphatic heterocycles. The SMILES string of the molecule is O=C(NCCc1cc2ccc(F)cc2[nH]c1=O)c1ccco1. The Labute approximate surface area is 124 Å². The predicted molar refractivity (Wildman–Crippen MR) is 79.3 cm³/mol. The van der Waals surface area contributed by atoms with Crippen LogP contribution in [0.2, 0.25) is 0 Å². The number of furan rings is 1. The molecule has 2 aromatic heterocycles. The molecule has 5 nitrogen and oxygen atoms in total. The van der Waals surface area contributed by atoms with E-state index < -0.39 is 5.82 Å². The van der Waals surface area contributed by atoms with Crippen molar-refractivity contribution in [2.75, 3.05) is 6.54 Å². The number of halogens is 1. The maximum absolute atomic E-state index is 13.1. The van der Waals surface area contributed by atoms with Gasteiger partial charge < -0.3 is 14.7 Å². The van der Waals surface area contributed by atoms with Gasteiger partial charge in [-0.1, -0.05) is 0 Å². The Hall–Kier alpha value is -2.89. The predicted octanol–water partition coefficient (Wildman–Crippen LogP) is 2.23. The van der Waals surface area contributed by atoms with Gasteiger partial charge >= 0.3 is 0 Å². The van der Waals surface area contributed by atoms with E-state index in [4.69, 9.17) is 4.42 Å². The molecule has 2 heterocycles. The van der Waals surface area contributed by atoms with Crippen molar-refractivity contribution in [3.8, 4) is 0 Å². The number of aromatic nitrogens is 1. The molecule has 0 saturated heterocycles. The summed E-state index contributed by atoms with van der Waals surface area (Å²) in [5, 5.41) is 3.42. The molecule has 1 aromatic carbocycles. The number of benzene rings is 1. The number of rotatable bonds is 4. The molecule has 0 spiro atoms. The highest BCUT2D eigenvalue weighted by atomic mass is 19.1. The second-order valence-corrected chi connectivity index (χ2v) is 4.84. The maximum atomic E-state index is 13.1. The van der Waals surface area contributed by atoms with E-state index in [9.17, 15) is 14.0 Å². The van der Waals surface area contributed by atoms with Crippen molar-refractivity contribution in [1.82, 2.24) is 10.3 Å². The fourth-order valence-corrected chi connectivity index (χ4v) is 2.21. The summed E-state index contributed by atoms with van der Waals surface area (Å²) in [7, 11) is 0. The zero-order chi connectivity index (χ0) is 15.5. The largest absolute Gasteiger partial charge is 0.459 e.